The van der Waals surface area contributed by atoms with Crippen molar-refractivity contribution in [3.63, 3.8) is 0 Å². The lowest BCUT2D eigenvalue weighted by atomic mass is 10.2. The van der Waals surface area contributed by atoms with E-state index in [2.05, 4.69) is 0 Å². The minimum atomic E-state index is -2.23. The zero-order chi connectivity index (χ0) is 14.5. The molecule has 2 aromatic heterocycles. The van der Waals surface area contributed by atoms with E-state index in [0.29, 0.717) is 5.71 Å². The van der Waals surface area contributed by atoms with Gasteiger partial charge >= 0.3 is 5.71 Å². The van der Waals surface area contributed by atoms with Crippen molar-refractivity contribution in [2.24, 2.45) is 0 Å². The van der Waals surface area contributed by atoms with Crippen LogP contribution in [0.3, 0.4) is 0 Å². The van der Waals surface area contributed by atoms with Crippen molar-refractivity contribution in [1.82, 2.24) is 4.57 Å². The van der Waals surface area contributed by atoms with E-state index in [0.717, 1.165) is 16.9 Å². The summed E-state index contributed by atoms with van der Waals surface area (Å²) >= 11 is 0. The molecule has 0 saturated carbocycles. The summed E-state index contributed by atoms with van der Waals surface area (Å²) in [6.07, 6.45) is 3.14. The second-order valence-corrected chi connectivity index (χ2v) is 4.11. The van der Waals surface area contributed by atoms with E-state index in [1.54, 1.807) is 15.2 Å². The highest BCUT2D eigenvalue weighted by molar-refractivity contribution is 5.46. The van der Waals surface area contributed by atoms with Crippen molar-refractivity contribution in [2.45, 2.75) is 20.7 Å². The Labute approximate surface area is 104 Å². The molecular weight excluding hydrogens is 212 g/mol. The van der Waals surface area contributed by atoms with E-state index in [4.69, 9.17) is 8.53 Å². The first-order valence-corrected chi connectivity index (χ1v) is 5.48. The van der Waals surface area contributed by atoms with Crippen LogP contribution >= 0.6 is 0 Å². The summed E-state index contributed by atoms with van der Waals surface area (Å²) in [6.45, 7) is 1.59. The molecule has 0 fully saturated rings. The maximum absolute atomic E-state index is 7.82. The van der Waals surface area contributed by atoms with Crippen LogP contribution in [0.5, 0.6) is 0 Å². The van der Waals surface area contributed by atoms with Gasteiger partial charge in [0.05, 0.1) is 0 Å². The van der Waals surface area contributed by atoms with Crippen molar-refractivity contribution >= 4 is 5.71 Å². The number of rotatable bonds is 1. The molecule has 0 spiro atoms. The molecule has 17 heavy (non-hydrogen) atoms. The molecule has 0 N–H and O–H groups in total. The molecule has 0 radical (unpaired) electrons. The van der Waals surface area contributed by atoms with Gasteiger partial charge < -0.3 is 4.42 Å². The zero-order valence-corrected chi connectivity index (χ0v) is 9.77. The van der Waals surface area contributed by atoms with Crippen LogP contribution in [-0.2, 0) is 0 Å². The maximum atomic E-state index is 7.82. The van der Waals surface area contributed by atoms with E-state index in [9.17, 15) is 0 Å². The summed E-state index contributed by atoms with van der Waals surface area (Å²) in [5.41, 5.74) is 3.20. The summed E-state index contributed by atoms with van der Waals surface area (Å²) in [7, 11) is 0. The van der Waals surface area contributed by atoms with Crippen LogP contribution in [0.4, 0.5) is 0 Å². The minimum Gasteiger partial charge on any atom is -0.424 e. The fourth-order valence-corrected chi connectivity index (χ4v) is 2.18. The second-order valence-electron chi connectivity index (χ2n) is 4.11. The summed E-state index contributed by atoms with van der Waals surface area (Å²) in [5, 5.41) is 0. The molecule has 3 nitrogen and oxygen atoms in total. The van der Waals surface area contributed by atoms with Crippen molar-refractivity contribution in [1.29, 1.82) is 0 Å². The quantitative estimate of drug-likeness (QED) is 0.589. The molecule has 0 amide bonds. The summed E-state index contributed by atoms with van der Waals surface area (Å²) in [6, 6.07) is 7.71. The smallest absolute Gasteiger partial charge is 0.338 e. The van der Waals surface area contributed by atoms with Gasteiger partial charge in [-0.1, -0.05) is 18.2 Å². The van der Waals surface area contributed by atoms with Crippen LogP contribution in [0.25, 0.3) is 11.4 Å². The number of hydrogen-bond acceptors (Lipinski definition) is 1. The van der Waals surface area contributed by atoms with Crippen LogP contribution in [-0.4, -0.2) is 4.57 Å². The Hall–Kier alpha value is -2.03. The van der Waals surface area contributed by atoms with Gasteiger partial charge in [-0.25, -0.2) is 0 Å². The van der Waals surface area contributed by atoms with E-state index in [1.807, 2.05) is 38.1 Å². The SMILES string of the molecule is [2H]C([2H])([2H])c1n(-c2ccccc2C)c(C)c2occ[n+]12. The van der Waals surface area contributed by atoms with Gasteiger partial charge in [0.15, 0.2) is 5.69 Å². The van der Waals surface area contributed by atoms with Crippen LogP contribution in [0.1, 0.15) is 21.2 Å². The molecule has 0 aliphatic carbocycles. The van der Waals surface area contributed by atoms with Crippen LogP contribution < -0.4 is 4.40 Å². The third kappa shape index (κ3) is 1.32. The molecule has 1 aromatic carbocycles. The van der Waals surface area contributed by atoms with Crippen LogP contribution in [0.15, 0.2) is 41.1 Å². The van der Waals surface area contributed by atoms with Crippen LogP contribution in [0, 0.1) is 20.7 Å². The van der Waals surface area contributed by atoms with Crippen molar-refractivity contribution in [3.8, 4) is 5.69 Å². The number of nitrogens with zero attached hydrogens (tertiary/aromatic N) is 2. The molecule has 3 rings (SSSR count). The van der Waals surface area contributed by atoms with Crippen molar-refractivity contribution in [3.05, 3.63) is 53.8 Å². The fraction of sp³-hybridized carbons (Fsp3) is 0.214. The van der Waals surface area contributed by atoms with Gasteiger partial charge in [-0.3, -0.25) is 0 Å². The number of fused-ring (bicyclic) bond motifs is 1. The second kappa shape index (κ2) is 3.48. The molecule has 0 unspecified atom stereocenters. The highest BCUT2D eigenvalue weighted by Gasteiger charge is 2.24. The number of para-hydroxylation sites is 1. The first-order valence-electron chi connectivity index (χ1n) is 6.98. The fourth-order valence-electron chi connectivity index (χ4n) is 2.18. The Morgan fingerprint density at radius 3 is 2.88 bits per heavy atom. The number of oxazole rings is 1. The first-order chi connectivity index (χ1) is 9.41. The Kier molecular flexibility index (Phi) is 1.50. The third-order valence-electron chi connectivity index (χ3n) is 3.05. The van der Waals surface area contributed by atoms with Gasteiger partial charge in [0.1, 0.15) is 18.1 Å². The summed E-state index contributed by atoms with van der Waals surface area (Å²) < 4.78 is 32.2. The zero-order valence-electron chi connectivity index (χ0n) is 12.8. The average Bonchev–Trinajstić information content (AvgIpc) is 2.91. The highest BCUT2D eigenvalue weighted by atomic mass is 16.3. The lowest BCUT2D eigenvalue weighted by Crippen LogP contribution is -2.20. The average molecular weight is 230 g/mol. The minimum absolute atomic E-state index is 0.230. The van der Waals surface area contributed by atoms with Crippen LogP contribution in [0.2, 0.25) is 0 Å². The van der Waals surface area contributed by atoms with Crippen molar-refractivity contribution in [2.75, 3.05) is 0 Å². The molecule has 0 saturated heterocycles. The number of hydrogen-bond donors (Lipinski definition) is 0. The van der Waals surface area contributed by atoms with E-state index in [-0.39, 0.29) is 5.82 Å². The standard InChI is InChI=1S/C14H15N2O/c1-10-6-4-5-7-13(10)16-11(2)14-15(12(16)3)8-9-17-14/h4-9H,1-3H3/q+1/i3D3. The number of benzene rings is 1. The topological polar surface area (TPSA) is 22.2 Å². The molecule has 3 aromatic rings. The molecule has 86 valence electrons. The molecular formula is C14H15N2O+. The monoisotopic (exact) mass is 230 g/mol. The number of aromatic nitrogens is 2. The maximum Gasteiger partial charge on any atom is 0.338 e. The van der Waals surface area contributed by atoms with Gasteiger partial charge in [-0.15, -0.1) is 0 Å². The molecule has 3 heteroatoms. The molecule has 0 atom stereocenters. The Bertz CT molecular complexity index is 783. The lowest BCUT2D eigenvalue weighted by molar-refractivity contribution is -0.521. The third-order valence-corrected chi connectivity index (χ3v) is 3.05. The Balaban J connectivity index is 2.44. The van der Waals surface area contributed by atoms with Gasteiger partial charge in [-0.2, -0.15) is 8.97 Å². The summed E-state index contributed by atoms with van der Waals surface area (Å²) in [5.74, 6) is 0.230. The number of imidazole rings is 1. The Morgan fingerprint density at radius 1 is 1.29 bits per heavy atom. The summed E-state index contributed by atoms with van der Waals surface area (Å²) in [4.78, 5) is 0. The molecule has 0 aliphatic heterocycles. The first kappa shape index (κ1) is 7.33. The highest BCUT2D eigenvalue weighted by Crippen LogP contribution is 2.20. The largest absolute Gasteiger partial charge is 0.424 e. The van der Waals surface area contributed by atoms with E-state index >= 15 is 0 Å². The normalized spacial score (nSPS) is 14.6. The molecule has 0 bridgehead atoms. The van der Waals surface area contributed by atoms with E-state index < -0.39 is 6.85 Å². The number of aryl methyl sites for hydroxylation is 3. The lowest BCUT2D eigenvalue weighted by Gasteiger charge is -2.03. The molecule has 0 aliphatic rings. The van der Waals surface area contributed by atoms with Gasteiger partial charge in [-0.05, 0) is 18.6 Å². The van der Waals surface area contributed by atoms with Gasteiger partial charge in [0.2, 0.25) is 0 Å². The van der Waals surface area contributed by atoms with E-state index in [1.165, 1.54) is 6.26 Å². The Morgan fingerprint density at radius 2 is 2.12 bits per heavy atom. The van der Waals surface area contributed by atoms with Gasteiger partial charge in [0.25, 0.3) is 5.82 Å². The van der Waals surface area contributed by atoms with Crippen molar-refractivity contribution < 1.29 is 12.9 Å². The molecule has 2 heterocycles. The van der Waals surface area contributed by atoms with Gasteiger partial charge in [0, 0.05) is 17.9 Å². The predicted octanol–water partition coefficient (Wildman–Crippen LogP) is 2.73. The predicted molar refractivity (Wildman–Crippen MR) is 65.4 cm³/mol.